The molecule has 0 saturated heterocycles. The van der Waals surface area contributed by atoms with Crippen molar-refractivity contribution in [3.05, 3.63) is 70.0 Å². The van der Waals surface area contributed by atoms with Crippen LogP contribution in [0.4, 0.5) is 0 Å². The molecule has 0 spiro atoms. The lowest BCUT2D eigenvalue weighted by molar-refractivity contribution is 0.173. The van der Waals surface area contributed by atoms with E-state index in [0.717, 1.165) is 16.6 Å². The molecule has 1 unspecified atom stereocenters. The van der Waals surface area contributed by atoms with Crippen molar-refractivity contribution in [2.75, 3.05) is 0 Å². The van der Waals surface area contributed by atoms with Gasteiger partial charge in [0.15, 0.2) is 0 Å². The Balaban J connectivity index is 1.85. The number of halogens is 2. The predicted octanol–water partition coefficient (Wildman–Crippen LogP) is 4.21. The van der Waals surface area contributed by atoms with Gasteiger partial charge in [-0.2, -0.15) is 0 Å². The van der Waals surface area contributed by atoms with E-state index in [2.05, 4.69) is 9.97 Å². The molecule has 1 N–H and O–H groups in total. The summed E-state index contributed by atoms with van der Waals surface area (Å²) in [5.74, 6) is 0. The van der Waals surface area contributed by atoms with Gasteiger partial charge in [-0.25, -0.2) is 4.98 Å². The lowest BCUT2D eigenvalue weighted by Crippen LogP contribution is -2.05. The maximum atomic E-state index is 10.3. The minimum absolute atomic E-state index is 0.407. The quantitative estimate of drug-likeness (QED) is 0.786. The molecule has 3 nitrogen and oxygen atoms in total. The minimum Gasteiger partial charge on any atom is -0.386 e. The summed E-state index contributed by atoms with van der Waals surface area (Å²) in [6, 6.07) is 12.9. The van der Waals surface area contributed by atoms with Gasteiger partial charge in [0.1, 0.15) is 6.10 Å². The molecule has 21 heavy (non-hydrogen) atoms. The predicted molar refractivity (Wildman–Crippen MR) is 84.7 cm³/mol. The molecule has 0 aliphatic rings. The summed E-state index contributed by atoms with van der Waals surface area (Å²) in [4.78, 5) is 8.75. The van der Waals surface area contributed by atoms with Crippen LogP contribution in [0.15, 0.2) is 48.7 Å². The molecule has 106 valence electrons. The van der Waals surface area contributed by atoms with Crippen molar-refractivity contribution in [3.8, 4) is 0 Å². The number of hydrogen-bond acceptors (Lipinski definition) is 3. The van der Waals surface area contributed by atoms with Crippen LogP contribution >= 0.6 is 23.2 Å². The van der Waals surface area contributed by atoms with Crippen LogP contribution in [0.25, 0.3) is 11.0 Å². The van der Waals surface area contributed by atoms with Gasteiger partial charge in [-0.1, -0.05) is 41.4 Å². The number of benzene rings is 2. The molecular formula is C16H12Cl2N2O. The van der Waals surface area contributed by atoms with Crippen LogP contribution in [0, 0.1) is 0 Å². The zero-order valence-corrected chi connectivity index (χ0v) is 12.5. The van der Waals surface area contributed by atoms with Crippen LogP contribution in [-0.4, -0.2) is 15.1 Å². The second-order valence-corrected chi connectivity index (χ2v) is 5.57. The Labute approximate surface area is 132 Å². The zero-order valence-electron chi connectivity index (χ0n) is 11.0. The van der Waals surface area contributed by atoms with Crippen LogP contribution in [-0.2, 0) is 6.42 Å². The fraction of sp³-hybridized carbons (Fsp3) is 0.125. The number of aliphatic hydroxyl groups excluding tert-OH is 1. The molecule has 0 aliphatic heterocycles. The maximum Gasteiger partial charge on any atom is 0.102 e. The highest BCUT2D eigenvalue weighted by atomic mass is 35.5. The Morgan fingerprint density at radius 1 is 1.00 bits per heavy atom. The SMILES string of the molecule is OC(Cc1ccc(Cl)c(Cl)c1)c1cnc2ccccc2n1. The summed E-state index contributed by atoms with van der Waals surface area (Å²) < 4.78 is 0. The van der Waals surface area contributed by atoms with E-state index in [9.17, 15) is 5.11 Å². The van der Waals surface area contributed by atoms with Crippen molar-refractivity contribution in [1.82, 2.24) is 9.97 Å². The van der Waals surface area contributed by atoms with E-state index >= 15 is 0 Å². The Morgan fingerprint density at radius 3 is 2.52 bits per heavy atom. The first kappa shape index (κ1) is 14.3. The van der Waals surface area contributed by atoms with Gasteiger partial charge in [0.05, 0.1) is 33.0 Å². The van der Waals surface area contributed by atoms with E-state index in [1.807, 2.05) is 30.3 Å². The van der Waals surface area contributed by atoms with Gasteiger partial charge in [-0.3, -0.25) is 4.98 Å². The Morgan fingerprint density at radius 2 is 1.76 bits per heavy atom. The zero-order chi connectivity index (χ0) is 14.8. The molecule has 1 heterocycles. The molecule has 0 aliphatic carbocycles. The third kappa shape index (κ3) is 3.16. The molecule has 0 amide bonds. The number of aliphatic hydroxyl groups is 1. The van der Waals surface area contributed by atoms with Crippen molar-refractivity contribution < 1.29 is 5.11 Å². The van der Waals surface area contributed by atoms with Gasteiger partial charge >= 0.3 is 0 Å². The molecule has 2 aromatic carbocycles. The van der Waals surface area contributed by atoms with Gasteiger partial charge in [-0.05, 0) is 29.8 Å². The first-order valence-electron chi connectivity index (χ1n) is 6.47. The summed E-state index contributed by atoms with van der Waals surface area (Å²) in [5, 5.41) is 11.3. The Kier molecular flexibility index (Phi) is 4.06. The summed E-state index contributed by atoms with van der Waals surface area (Å²) >= 11 is 11.9. The highest BCUT2D eigenvalue weighted by molar-refractivity contribution is 6.42. The molecule has 1 atom stereocenters. The van der Waals surface area contributed by atoms with E-state index in [4.69, 9.17) is 23.2 Å². The number of aromatic nitrogens is 2. The topological polar surface area (TPSA) is 46.0 Å². The van der Waals surface area contributed by atoms with Crippen LogP contribution in [0.2, 0.25) is 10.0 Å². The monoisotopic (exact) mass is 318 g/mol. The van der Waals surface area contributed by atoms with Crippen molar-refractivity contribution in [2.45, 2.75) is 12.5 Å². The largest absolute Gasteiger partial charge is 0.386 e. The van der Waals surface area contributed by atoms with Crippen LogP contribution < -0.4 is 0 Å². The third-order valence-corrected chi connectivity index (χ3v) is 3.96. The Bertz CT molecular complexity index is 792. The van der Waals surface area contributed by atoms with E-state index < -0.39 is 6.10 Å². The number of nitrogens with zero attached hydrogens (tertiary/aromatic N) is 2. The van der Waals surface area contributed by atoms with Crippen LogP contribution in [0.1, 0.15) is 17.4 Å². The van der Waals surface area contributed by atoms with Crippen LogP contribution in [0.5, 0.6) is 0 Å². The molecular weight excluding hydrogens is 307 g/mol. The number of para-hydroxylation sites is 2. The van der Waals surface area contributed by atoms with Crippen molar-refractivity contribution in [2.24, 2.45) is 0 Å². The van der Waals surface area contributed by atoms with Gasteiger partial charge in [0, 0.05) is 6.42 Å². The minimum atomic E-state index is -0.737. The average molecular weight is 319 g/mol. The van der Waals surface area contributed by atoms with Gasteiger partial charge in [0.25, 0.3) is 0 Å². The number of hydrogen-bond donors (Lipinski definition) is 1. The highest BCUT2D eigenvalue weighted by Gasteiger charge is 2.12. The average Bonchev–Trinajstić information content (AvgIpc) is 2.50. The summed E-state index contributed by atoms with van der Waals surface area (Å²) in [5.41, 5.74) is 3.01. The van der Waals surface area contributed by atoms with Crippen molar-refractivity contribution in [1.29, 1.82) is 0 Å². The molecule has 0 radical (unpaired) electrons. The fourth-order valence-corrected chi connectivity index (χ4v) is 2.45. The van der Waals surface area contributed by atoms with Crippen LogP contribution in [0.3, 0.4) is 0 Å². The van der Waals surface area contributed by atoms with Crippen molar-refractivity contribution in [3.63, 3.8) is 0 Å². The van der Waals surface area contributed by atoms with Gasteiger partial charge < -0.3 is 5.11 Å². The molecule has 0 fully saturated rings. The van der Waals surface area contributed by atoms with Gasteiger partial charge in [0.2, 0.25) is 0 Å². The standard InChI is InChI=1S/C16H12Cl2N2O/c17-11-6-5-10(7-12(11)18)8-16(21)15-9-19-13-3-1-2-4-14(13)20-15/h1-7,9,16,21H,8H2. The molecule has 3 aromatic rings. The van der Waals surface area contributed by atoms with Crippen molar-refractivity contribution >= 4 is 34.2 Å². The second-order valence-electron chi connectivity index (χ2n) is 4.75. The fourth-order valence-electron chi connectivity index (χ4n) is 2.13. The molecule has 0 saturated carbocycles. The Hall–Kier alpha value is -1.68. The number of rotatable bonds is 3. The maximum absolute atomic E-state index is 10.3. The highest BCUT2D eigenvalue weighted by Crippen LogP contribution is 2.25. The molecule has 0 bridgehead atoms. The van der Waals surface area contributed by atoms with E-state index in [0.29, 0.717) is 22.2 Å². The lowest BCUT2D eigenvalue weighted by atomic mass is 10.1. The van der Waals surface area contributed by atoms with E-state index in [1.54, 1.807) is 18.3 Å². The molecule has 3 rings (SSSR count). The summed E-state index contributed by atoms with van der Waals surface area (Å²) in [7, 11) is 0. The normalized spacial score (nSPS) is 12.5. The second kappa shape index (κ2) is 5.98. The van der Waals surface area contributed by atoms with E-state index in [-0.39, 0.29) is 0 Å². The molecule has 5 heteroatoms. The van der Waals surface area contributed by atoms with E-state index in [1.165, 1.54) is 0 Å². The number of fused-ring (bicyclic) bond motifs is 1. The summed E-state index contributed by atoms with van der Waals surface area (Å²) in [6.07, 6.45) is 1.27. The van der Waals surface area contributed by atoms with Gasteiger partial charge in [-0.15, -0.1) is 0 Å². The molecule has 1 aromatic heterocycles. The summed E-state index contributed by atoms with van der Waals surface area (Å²) in [6.45, 7) is 0. The first-order valence-corrected chi connectivity index (χ1v) is 7.23. The first-order chi connectivity index (χ1) is 10.1. The lowest BCUT2D eigenvalue weighted by Gasteiger charge is -2.11. The smallest absolute Gasteiger partial charge is 0.102 e. The third-order valence-electron chi connectivity index (χ3n) is 3.22.